The molecule has 2 amide bonds. The predicted octanol–water partition coefficient (Wildman–Crippen LogP) is 0.778. The fourth-order valence-corrected chi connectivity index (χ4v) is 1.000. The second-order valence-electron chi connectivity index (χ2n) is 2.79. The van der Waals surface area contributed by atoms with Crippen LogP contribution >= 0.6 is 11.6 Å². The molecule has 1 atom stereocenters. The standard InChI is InChI=1S/C8H15ClN2O3/c1-2-6(5-7(12)13)11-8(14)10-4-3-9/h6H,2-5H2,1H3,(H,12,13)(H2,10,11,14). The molecule has 0 aromatic carbocycles. The zero-order valence-electron chi connectivity index (χ0n) is 8.05. The number of rotatable bonds is 6. The topological polar surface area (TPSA) is 78.4 Å². The van der Waals surface area contributed by atoms with E-state index < -0.39 is 5.97 Å². The minimum Gasteiger partial charge on any atom is -0.481 e. The molecule has 6 heteroatoms. The zero-order valence-corrected chi connectivity index (χ0v) is 8.80. The molecule has 0 aliphatic carbocycles. The van der Waals surface area contributed by atoms with E-state index in [2.05, 4.69) is 10.6 Å². The van der Waals surface area contributed by atoms with Crippen LogP contribution in [0.4, 0.5) is 4.79 Å². The molecule has 5 nitrogen and oxygen atoms in total. The third-order valence-electron chi connectivity index (χ3n) is 1.63. The molecule has 0 aliphatic rings. The Labute approximate surface area is 87.8 Å². The van der Waals surface area contributed by atoms with Crippen LogP contribution in [-0.2, 0) is 4.79 Å². The molecule has 0 heterocycles. The van der Waals surface area contributed by atoms with Gasteiger partial charge in [-0.25, -0.2) is 4.79 Å². The Morgan fingerprint density at radius 2 is 2.14 bits per heavy atom. The van der Waals surface area contributed by atoms with Gasteiger partial charge in [-0.2, -0.15) is 0 Å². The number of carbonyl (C=O) groups is 2. The number of hydrogen-bond donors (Lipinski definition) is 3. The molecule has 82 valence electrons. The first-order valence-corrected chi connectivity index (χ1v) is 4.95. The minimum absolute atomic E-state index is 0.0647. The summed E-state index contributed by atoms with van der Waals surface area (Å²) in [4.78, 5) is 21.5. The summed E-state index contributed by atoms with van der Waals surface area (Å²) in [6.45, 7) is 2.19. The first kappa shape index (κ1) is 13.0. The molecule has 0 aliphatic heterocycles. The van der Waals surface area contributed by atoms with Crippen LogP contribution in [0, 0.1) is 0 Å². The van der Waals surface area contributed by atoms with E-state index in [4.69, 9.17) is 16.7 Å². The highest BCUT2D eigenvalue weighted by molar-refractivity contribution is 6.18. The summed E-state index contributed by atoms with van der Waals surface area (Å²) in [5.74, 6) is -0.585. The van der Waals surface area contributed by atoms with Crippen molar-refractivity contribution in [2.75, 3.05) is 12.4 Å². The molecule has 0 saturated carbocycles. The van der Waals surface area contributed by atoms with Crippen LogP contribution in [0.2, 0.25) is 0 Å². The number of hydrogen-bond acceptors (Lipinski definition) is 2. The first-order valence-electron chi connectivity index (χ1n) is 4.42. The highest BCUT2D eigenvalue weighted by atomic mass is 35.5. The Morgan fingerprint density at radius 1 is 1.50 bits per heavy atom. The number of halogens is 1. The van der Waals surface area contributed by atoms with Crippen molar-refractivity contribution in [1.82, 2.24) is 10.6 Å². The van der Waals surface area contributed by atoms with Gasteiger partial charge in [0.15, 0.2) is 0 Å². The van der Waals surface area contributed by atoms with Crippen LogP contribution in [0.5, 0.6) is 0 Å². The summed E-state index contributed by atoms with van der Waals surface area (Å²) in [6, 6.07) is -0.707. The molecule has 0 rings (SSSR count). The lowest BCUT2D eigenvalue weighted by molar-refractivity contribution is -0.137. The van der Waals surface area contributed by atoms with E-state index in [-0.39, 0.29) is 18.5 Å². The zero-order chi connectivity index (χ0) is 11.0. The van der Waals surface area contributed by atoms with E-state index in [1.165, 1.54) is 0 Å². The van der Waals surface area contributed by atoms with Crippen molar-refractivity contribution in [2.45, 2.75) is 25.8 Å². The Hall–Kier alpha value is -0.970. The molecule has 1 unspecified atom stereocenters. The van der Waals surface area contributed by atoms with Crippen molar-refractivity contribution in [3.05, 3.63) is 0 Å². The van der Waals surface area contributed by atoms with Crippen molar-refractivity contribution in [3.63, 3.8) is 0 Å². The summed E-state index contributed by atoms with van der Waals surface area (Å²) in [7, 11) is 0. The van der Waals surface area contributed by atoms with Gasteiger partial charge in [0.1, 0.15) is 0 Å². The Morgan fingerprint density at radius 3 is 2.57 bits per heavy atom. The van der Waals surface area contributed by atoms with E-state index in [0.717, 1.165) is 0 Å². The predicted molar refractivity (Wildman–Crippen MR) is 53.6 cm³/mol. The lowest BCUT2D eigenvalue weighted by Crippen LogP contribution is -2.43. The monoisotopic (exact) mass is 222 g/mol. The molecule has 0 aromatic heterocycles. The quantitative estimate of drug-likeness (QED) is 0.581. The van der Waals surface area contributed by atoms with Crippen LogP contribution in [0.15, 0.2) is 0 Å². The number of carboxylic acids is 1. The summed E-state index contributed by atoms with van der Waals surface area (Å²) in [6.07, 6.45) is 0.519. The van der Waals surface area contributed by atoms with Gasteiger partial charge in [-0.05, 0) is 6.42 Å². The van der Waals surface area contributed by atoms with Crippen molar-refractivity contribution < 1.29 is 14.7 Å². The Bertz CT molecular complexity index is 199. The normalized spacial score (nSPS) is 11.9. The maximum absolute atomic E-state index is 11.1. The van der Waals surface area contributed by atoms with Crippen LogP contribution in [0.1, 0.15) is 19.8 Å². The lowest BCUT2D eigenvalue weighted by atomic mass is 10.1. The van der Waals surface area contributed by atoms with E-state index in [9.17, 15) is 9.59 Å². The molecular formula is C8H15ClN2O3. The third kappa shape index (κ3) is 6.54. The number of carboxylic acid groups (broad SMARTS) is 1. The van der Waals surface area contributed by atoms with Crippen LogP contribution < -0.4 is 10.6 Å². The number of alkyl halides is 1. The molecular weight excluding hydrogens is 208 g/mol. The summed E-state index contributed by atoms with van der Waals surface area (Å²) in [5.41, 5.74) is 0. The van der Waals surface area contributed by atoms with E-state index in [1.807, 2.05) is 6.92 Å². The third-order valence-corrected chi connectivity index (χ3v) is 1.82. The number of amides is 2. The first-order chi connectivity index (χ1) is 6.60. The average Bonchev–Trinajstić information content (AvgIpc) is 2.12. The SMILES string of the molecule is CCC(CC(=O)O)NC(=O)NCCCl. The van der Waals surface area contributed by atoms with Crippen molar-refractivity contribution >= 4 is 23.6 Å². The highest BCUT2D eigenvalue weighted by Crippen LogP contribution is 1.96. The van der Waals surface area contributed by atoms with Gasteiger partial charge in [0.25, 0.3) is 0 Å². The average molecular weight is 223 g/mol. The van der Waals surface area contributed by atoms with Gasteiger partial charge in [-0.15, -0.1) is 11.6 Å². The van der Waals surface area contributed by atoms with Crippen LogP contribution in [0.3, 0.4) is 0 Å². The molecule has 0 spiro atoms. The Balaban J connectivity index is 3.80. The van der Waals surface area contributed by atoms with E-state index >= 15 is 0 Å². The second kappa shape index (κ2) is 7.44. The molecule has 0 radical (unpaired) electrons. The van der Waals surface area contributed by atoms with Crippen molar-refractivity contribution in [3.8, 4) is 0 Å². The van der Waals surface area contributed by atoms with E-state index in [0.29, 0.717) is 18.8 Å². The summed E-state index contributed by atoms with van der Waals surface area (Å²) >= 11 is 5.36. The van der Waals surface area contributed by atoms with Gasteiger partial charge in [-0.3, -0.25) is 4.79 Å². The maximum Gasteiger partial charge on any atom is 0.315 e. The second-order valence-corrected chi connectivity index (χ2v) is 3.17. The number of nitrogens with one attached hydrogen (secondary N) is 2. The minimum atomic E-state index is -0.922. The number of carbonyl (C=O) groups excluding carboxylic acids is 1. The number of aliphatic carboxylic acids is 1. The van der Waals surface area contributed by atoms with Crippen molar-refractivity contribution in [1.29, 1.82) is 0 Å². The molecule has 0 aromatic rings. The van der Waals surface area contributed by atoms with E-state index in [1.54, 1.807) is 0 Å². The molecule has 3 N–H and O–H groups in total. The van der Waals surface area contributed by atoms with Gasteiger partial charge in [0.2, 0.25) is 0 Å². The van der Waals surface area contributed by atoms with Gasteiger partial charge >= 0.3 is 12.0 Å². The van der Waals surface area contributed by atoms with Gasteiger partial charge < -0.3 is 15.7 Å². The van der Waals surface area contributed by atoms with Crippen molar-refractivity contribution in [2.24, 2.45) is 0 Å². The maximum atomic E-state index is 11.1. The molecule has 14 heavy (non-hydrogen) atoms. The molecule has 0 saturated heterocycles. The summed E-state index contributed by atoms with van der Waals surface area (Å²) in [5, 5.41) is 13.5. The fraction of sp³-hybridized carbons (Fsp3) is 0.750. The fourth-order valence-electron chi connectivity index (χ4n) is 0.905. The van der Waals surface area contributed by atoms with Gasteiger partial charge in [0.05, 0.1) is 6.42 Å². The van der Waals surface area contributed by atoms with Crippen LogP contribution in [-0.4, -0.2) is 35.6 Å². The van der Waals surface area contributed by atoms with Gasteiger partial charge in [0, 0.05) is 18.5 Å². The lowest BCUT2D eigenvalue weighted by Gasteiger charge is -2.14. The smallest absolute Gasteiger partial charge is 0.315 e. The number of urea groups is 1. The molecule has 0 fully saturated rings. The van der Waals surface area contributed by atoms with Crippen LogP contribution in [0.25, 0.3) is 0 Å². The highest BCUT2D eigenvalue weighted by Gasteiger charge is 2.13. The Kier molecular flexibility index (Phi) is 6.92. The van der Waals surface area contributed by atoms with Gasteiger partial charge in [-0.1, -0.05) is 6.92 Å². The largest absolute Gasteiger partial charge is 0.481 e. The molecule has 0 bridgehead atoms. The summed E-state index contributed by atoms with van der Waals surface area (Å²) < 4.78 is 0.